The van der Waals surface area contributed by atoms with Crippen LogP contribution in [-0.2, 0) is 15.0 Å². The SMILES string of the molecule is CCC(=O)Nc1ccc(C2(C(=O)O)CCCCC2)cc1. The van der Waals surface area contributed by atoms with E-state index in [0.29, 0.717) is 19.3 Å². The van der Waals surface area contributed by atoms with E-state index in [1.54, 1.807) is 19.1 Å². The van der Waals surface area contributed by atoms with Crippen molar-refractivity contribution in [2.24, 2.45) is 0 Å². The third kappa shape index (κ3) is 2.84. The van der Waals surface area contributed by atoms with Gasteiger partial charge < -0.3 is 10.4 Å². The van der Waals surface area contributed by atoms with Gasteiger partial charge in [-0.15, -0.1) is 0 Å². The molecule has 1 aliphatic rings. The largest absolute Gasteiger partial charge is 0.481 e. The maximum absolute atomic E-state index is 11.7. The Hall–Kier alpha value is -1.84. The van der Waals surface area contributed by atoms with Crippen LogP contribution in [0.4, 0.5) is 5.69 Å². The fourth-order valence-electron chi connectivity index (χ4n) is 2.90. The van der Waals surface area contributed by atoms with Crippen LogP contribution in [0.15, 0.2) is 24.3 Å². The Bertz CT molecular complexity index is 487. The van der Waals surface area contributed by atoms with Crippen molar-refractivity contribution >= 4 is 17.6 Å². The van der Waals surface area contributed by atoms with E-state index in [1.165, 1.54) is 0 Å². The monoisotopic (exact) mass is 275 g/mol. The Balaban J connectivity index is 2.22. The minimum Gasteiger partial charge on any atom is -0.481 e. The molecule has 0 unspecified atom stereocenters. The molecule has 0 saturated heterocycles. The predicted molar refractivity (Wildman–Crippen MR) is 77.8 cm³/mol. The summed E-state index contributed by atoms with van der Waals surface area (Å²) in [5.41, 5.74) is 0.821. The van der Waals surface area contributed by atoms with Gasteiger partial charge in [0.25, 0.3) is 0 Å². The average molecular weight is 275 g/mol. The van der Waals surface area contributed by atoms with Gasteiger partial charge in [0.1, 0.15) is 0 Å². The number of carboxylic acid groups (broad SMARTS) is 1. The molecule has 1 fully saturated rings. The number of carbonyl (C=O) groups is 2. The Kier molecular flexibility index (Phi) is 4.42. The first-order valence-corrected chi connectivity index (χ1v) is 7.22. The third-order valence-corrected chi connectivity index (χ3v) is 4.16. The molecule has 1 saturated carbocycles. The molecular formula is C16H21NO3. The van der Waals surface area contributed by atoms with Gasteiger partial charge in [-0.25, -0.2) is 0 Å². The van der Waals surface area contributed by atoms with Gasteiger partial charge in [0.2, 0.25) is 5.91 Å². The second-order valence-corrected chi connectivity index (χ2v) is 5.43. The van der Waals surface area contributed by atoms with Gasteiger partial charge >= 0.3 is 5.97 Å². The quantitative estimate of drug-likeness (QED) is 0.885. The zero-order valence-electron chi connectivity index (χ0n) is 11.8. The zero-order chi connectivity index (χ0) is 14.6. The number of carboxylic acids is 1. The molecule has 0 aromatic heterocycles. The van der Waals surface area contributed by atoms with Crippen LogP contribution in [-0.4, -0.2) is 17.0 Å². The van der Waals surface area contributed by atoms with E-state index < -0.39 is 11.4 Å². The Morgan fingerprint density at radius 2 is 1.75 bits per heavy atom. The van der Waals surface area contributed by atoms with Crippen molar-refractivity contribution in [2.45, 2.75) is 50.9 Å². The summed E-state index contributed by atoms with van der Waals surface area (Å²) in [7, 11) is 0. The van der Waals surface area contributed by atoms with Gasteiger partial charge in [-0.05, 0) is 30.5 Å². The molecule has 1 amide bonds. The number of benzene rings is 1. The highest BCUT2D eigenvalue weighted by molar-refractivity contribution is 5.90. The summed E-state index contributed by atoms with van der Waals surface area (Å²) >= 11 is 0. The van der Waals surface area contributed by atoms with Crippen molar-refractivity contribution in [3.8, 4) is 0 Å². The van der Waals surface area contributed by atoms with Crippen LogP contribution >= 0.6 is 0 Å². The smallest absolute Gasteiger partial charge is 0.314 e. The Morgan fingerprint density at radius 3 is 2.25 bits per heavy atom. The first-order chi connectivity index (χ1) is 9.58. The molecule has 20 heavy (non-hydrogen) atoms. The summed E-state index contributed by atoms with van der Waals surface area (Å²) in [6.07, 6.45) is 4.85. The van der Waals surface area contributed by atoms with Crippen LogP contribution in [0.2, 0.25) is 0 Å². The molecule has 0 heterocycles. The molecule has 0 spiro atoms. The molecule has 2 N–H and O–H groups in total. The van der Waals surface area contributed by atoms with E-state index in [1.807, 2.05) is 12.1 Å². The van der Waals surface area contributed by atoms with Crippen LogP contribution < -0.4 is 5.32 Å². The molecule has 4 nitrogen and oxygen atoms in total. The first-order valence-electron chi connectivity index (χ1n) is 7.22. The second kappa shape index (κ2) is 6.07. The van der Waals surface area contributed by atoms with Gasteiger partial charge in [-0.1, -0.05) is 38.3 Å². The average Bonchev–Trinajstić information content (AvgIpc) is 2.48. The van der Waals surface area contributed by atoms with E-state index in [9.17, 15) is 14.7 Å². The van der Waals surface area contributed by atoms with Crippen LogP contribution in [0.25, 0.3) is 0 Å². The fourth-order valence-corrected chi connectivity index (χ4v) is 2.90. The number of carbonyl (C=O) groups excluding carboxylic acids is 1. The molecule has 2 rings (SSSR count). The lowest BCUT2D eigenvalue weighted by Gasteiger charge is -2.33. The van der Waals surface area contributed by atoms with E-state index >= 15 is 0 Å². The maximum Gasteiger partial charge on any atom is 0.314 e. The van der Waals surface area contributed by atoms with Crippen LogP contribution in [0, 0.1) is 0 Å². The number of anilines is 1. The molecule has 0 aliphatic heterocycles. The van der Waals surface area contributed by atoms with E-state index in [2.05, 4.69) is 5.32 Å². The third-order valence-electron chi connectivity index (χ3n) is 4.16. The summed E-state index contributed by atoms with van der Waals surface area (Å²) in [6.45, 7) is 1.80. The molecule has 4 heteroatoms. The van der Waals surface area contributed by atoms with Gasteiger partial charge in [-0.2, -0.15) is 0 Å². The molecule has 1 aromatic rings. The summed E-state index contributed by atoms with van der Waals surface area (Å²) in [4.78, 5) is 23.0. The lowest BCUT2D eigenvalue weighted by Crippen LogP contribution is -2.37. The highest BCUT2D eigenvalue weighted by atomic mass is 16.4. The summed E-state index contributed by atoms with van der Waals surface area (Å²) in [5.74, 6) is -0.772. The van der Waals surface area contributed by atoms with Gasteiger partial charge in [0.15, 0.2) is 0 Å². The summed E-state index contributed by atoms with van der Waals surface area (Å²) in [5, 5.41) is 12.4. The molecule has 0 atom stereocenters. The zero-order valence-corrected chi connectivity index (χ0v) is 11.8. The van der Waals surface area contributed by atoms with Gasteiger partial charge in [0.05, 0.1) is 5.41 Å². The molecule has 0 bridgehead atoms. The highest BCUT2D eigenvalue weighted by Gasteiger charge is 2.41. The predicted octanol–water partition coefficient (Wildman–Crippen LogP) is 3.32. The topological polar surface area (TPSA) is 66.4 Å². The molecule has 108 valence electrons. The lowest BCUT2D eigenvalue weighted by atomic mass is 9.69. The Morgan fingerprint density at radius 1 is 1.15 bits per heavy atom. The molecule has 0 radical (unpaired) electrons. The standard InChI is InChI=1S/C16H21NO3/c1-2-14(18)17-13-8-6-12(7-9-13)16(15(19)20)10-4-3-5-11-16/h6-9H,2-5,10-11H2,1H3,(H,17,18)(H,19,20). The number of amides is 1. The van der Waals surface area contributed by atoms with Crippen molar-refractivity contribution in [1.82, 2.24) is 0 Å². The number of hydrogen-bond donors (Lipinski definition) is 2. The molecule has 1 aliphatic carbocycles. The summed E-state index contributed by atoms with van der Waals surface area (Å²) in [6, 6.07) is 7.26. The number of rotatable bonds is 4. The van der Waals surface area contributed by atoms with Crippen molar-refractivity contribution < 1.29 is 14.7 Å². The lowest BCUT2D eigenvalue weighted by molar-refractivity contribution is -0.145. The fraction of sp³-hybridized carbons (Fsp3) is 0.500. The van der Waals surface area contributed by atoms with E-state index in [0.717, 1.165) is 30.5 Å². The maximum atomic E-state index is 11.7. The number of aliphatic carboxylic acids is 1. The van der Waals surface area contributed by atoms with Crippen molar-refractivity contribution in [3.63, 3.8) is 0 Å². The van der Waals surface area contributed by atoms with Crippen LogP contribution in [0.1, 0.15) is 51.0 Å². The Labute approximate surface area is 119 Å². The van der Waals surface area contributed by atoms with Crippen LogP contribution in [0.5, 0.6) is 0 Å². The molecular weight excluding hydrogens is 254 g/mol. The van der Waals surface area contributed by atoms with E-state index in [4.69, 9.17) is 0 Å². The number of hydrogen-bond acceptors (Lipinski definition) is 2. The van der Waals surface area contributed by atoms with Crippen LogP contribution in [0.3, 0.4) is 0 Å². The normalized spacial score (nSPS) is 17.4. The van der Waals surface area contributed by atoms with Crippen molar-refractivity contribution in [2.75, 3.05) is 5.32 Å². The minimum atomic E-state index is -0.744. The van der Waals surface area contributed by atoms with E-state index in [-0.39, 0.29) is 5.91 Å². The second-order valence-electron chi connectivity index (χ2n) is 5.43. The van der Waals surface area contributed by atoms with Crippen molar-refractivity contribution in [3.05, 3.63) is 29.8 Å². The summed E-state index contributed by atoms with van der Waals surface area (Å²) < 4.78 is 0. The van der Waals surface area contributed by atoms with Crippen molar-refractivity contribution in [1.29, 1.82) is 0 Å². The highest BCUT2D eigenvalue weighted by Crippen LogP contribution is 2.40. The number of nitrogens with one attached hydrogen (secondary N) is 1. The van der Waals surface area contributed by atoms with Gasteiger partial charge in [-0.3, -0.25) is 9.59 Å². The minimum absolute atomic E-state index is 0.0386. The molecule has 1 aromatic carbocycles. The van der Waals surface area contributed by atoms with Gasteiger partial charge in [0, 0.05) is 12.1 Å². The first kappa shape index (κ1) is 14.6.